The number of nitrogens with one attached hydrogen (secondary N) is 2. The van der Waals surface area contributed by atoms with Crippen LogP contribution >= 0.6 is 0 Å². The third-order valence-corrected chi connectivity index (χ3v) is 7.03. The highest BCUT2D eigenvalue weighted by Crippen LogP contribution is 2.23. The highest BCUT2D eigenvalue weighted by atomic mass is 16.5. The summed E-state index contributed by atoms with van der Waals surface area (Å²) in [6.45, 7) is 4.62. The van der Waals surface area contributed by atoms with E-state index in [0.29, 0.717) is 39.2 Å². The second-order valence-electron chi connectivity index (χ2n) is 9.82. The van der Waals surface area contributed by atoms with Gasteiger partial charge in [-0.2, -0.15) is 5.10 Å². The second-order valence-corrected chi connectivity index (χ2v) is 9.82. The maximum Gasteiger partial charge on any atom is 0.407 e. The number of likely N-dealkylation sites (N-methyl/N-ethyl adjacent to an activating group) is 1. The molecule has 0 aliphatic carbocycles. The van der Waals surface area contributed by atoms with Crippen LogP contribution in [0.3, 0.4) is 0 Å². The standard InChI is InChI=1S/C29H38N6O5/c1-3-39-28(37)16-26-19-33(18-25-11-7-10-23-13-15-32-35(23)25)17-24(34(26)20-27(36)30-2)12-14-31-29(38)40-21-22-8-5-4-6-9-22/h4-11,13,15,24,26H,3,12,14,16-21H2,1-2H3,(H,30,36)(H,31,38)/t24-,26-/m1/s1. The van der Waals surface area contributed by atoms with Crippen LogP contribution in [-0.2, 0) is 32.2 Å². The van der Waals surface area contributed by atoms with E-state index < -0.39 is 6.09 Å². The van der Waals surface area contributed by atoms with E-state index in [-0.39, 0.29) is 43.5 Å². The van der Waals surface area contributed by atoms with Crippen molar-refractivity contribution in [3.63, 3.8) is 0 Å². The zero-order valence-electron chi connectivity index (χ0n) is 23.1. The predicted octanol–water partition coefficient (Wildman–Crippen LogP) is 2.20. The van der Waals surface area contributed by atoms with Gasteiger partial charge < -0.3 is 20.1 Å². The first-order valence-corrected chi connectivity index (χ1v) is 13.7. The van der Waals surface area contributed by atoms with Gasteiger partial charge in [-0.25, -0.2) is 9.31 Å². The quantitative estimate of drug-likeness (QED) is 0.330. The average molecular weight is 551 g/mol. The molecule has 2 aromatic heterocycles. The number of carbonyl (C=O) groups is 3. The van der Waals surface area contributed by atoms with E-state index >= 15 is 0 Å². The van der Waals surface area contributed by atoms with Crippen LogP contribution in [-0.4, -0.2) is 89.3 Å². The Morgan fingerprint density at radius 3 is 2.58 bits per heavy atom. The number of alkyl carbamates (subject to hydrolysis) is 1. The minimum Gasteiger partial charge on any atom is -0.466 e. The van der Waals surface area contributed by atoms with Crippen molar-refractivity contribution in [3.8, 4) is 0 Å². The topological polar surface area (TPSA) is 118 Å². The molecule has 0 spiro atoms. The van der Waals surface area contributed by atoms with Crippen LogP contribution in [0.2, 0.25) is 0 Å². The highest BCUT2D eigenvalue weighted by Gasteiger charge is 2.37. The Morgan fingerprint density at radius 1 is 1.00 bits per heavy atom. The Kier molecular flexibility index (Phi) is 10.5. The first-order chi connectivity index (χ1) is 19.5. The van der Waals surface area contributed by atoms with Gasteiger partial charge in [0.25, 0.3) is 0 Å². The summed E-state index contributed by atoms with van der Waals surface area (Å²) in [6, 6.07) is 17.2. The van der Waals surface area contributed by atoms with Crippen molar-refractivity contribution >= 4 is 23.5 Å². The number of carbonyl (C=O) groups excluding carboxylic acids is 3. The van der Waals surface area contributed by atoms with Gasteiger partial charge in [0, 0.05) is 51.5 Å². The van der Waals surface area contributed by atoms with Gasteiger partial charge in [0.2, 0.25) is 5.91 Å². The summed E-state index contributed by atoms with van der Waals surface area (Å²) in [7, 11) is 1.60. The number of ether oxygens (including phenoxy) is 2. The molecule has 4 rings (SSSR count). The predicted molar refractivity (Wildman–Crippen MR) is 149 cm³/mol. The van der Waals surface area contributed by atoms with E-state index in [9.17, 15) is 14.4 Å². The molecule has 0 saturated carbocycles. The van der Waals surface area contributed by atoms with Gasteiger partial charge in [-0.15, -0.1) is 0 Å². The van der Waals surface area contributed by atoms with E-state index in [1.54, 1.807) is 20.2 Å². The zero-order valence-corrected chi connectivity index (χ0v) is 23.1. The van der Waals surface area contributed by atoms with E-state index in [1.807, 2.05) is 59.1 Å². The van der Waals surface area contributed by atoms with Crippen LogP contribution in [0, 0.1) is 0 Å². The number of nitrogens with zero attached hydrogens (tertiary/aromatic N) is 4. The van der Waals surface area contributed by atoms with Gasteiger partial charge >= 0.3 is 12.1 Å². The van der Waals surface area contributed by atoms with Crippen LogP contribution in [0.4, 0.5) is 4.79 Å². The highest BCUT2D eigenvalue weighted by molar-refractivity contribution is 5.78. The first kappa shape index (κ1) is 29.0. The molecular weight excluding hydrogens is 512 g/mol. The summed E-state index contributed by atoms with van der Waals surface area (Å²) in [5.74, 6) is -0.435. The summed E-state index contributed by atoms with van der Waals surface area (Å²) < 4.78 is 12.5. The first-order valence-electron chi connectivity index (χ1n) is 13.7. The normalized spacial score (nSPS) is 17.9. The summed E-state index contributed by atoms with van der Waals surface area (Å²) in [5.41, 5.74) is 2.94. The molecule has 3 heterocycles. The third-order valence-electron chi connectivity index (χ3n) is 7.03. The summed E-state index contributed by atoms with van der Waals surface area (Å²) in [4.78, 5) is 41.8. The van der Waals surface area contributed by atoms with Crippen molar-refractivity contribution < 1.29 is 23.9 Å². The smallest absolute Gasteiger partial charge is 0.407 e. The van der Waals surface area contributed by atoms with Crippen molar-refractivity contribution in [2.24, 2.45) is 0 Å². The van der Waals surface area contributed by atoms with E-state index in [2.05, 4.69) is 25.5 Å². The molecule has 1 aliphatic rings. The molecule has 2 atom stereocenters. The van der Waals surface area contributed by atoms with Gasteiger partial charge in [-0.1, -0.05) is 36.4 Å². The molecule has 3 aromatic rings. The maximum atomic E-state index is 12.6. The van der Waals surface area contributed by atoms with Crippen molar-refractivity contribution in [2.45, 2.75) is 45.0 Å². The lowest BCUT2D eigenvalue weighted by atomic mass is 10.00. The molecule has 0 unspecified atom stereocenters. The molecular formula is C29H38N6O5. The van der Waals surface area contributed by atoms with Gasteiger partial charge in [-0.3, -0.25) is 19.4 Å². The van der Waals surface area contributed by atoms with Crippen molar-refractivity contribution in [3.05, 3.63) is 72.1 Å². The number of aromatic nitrogens is 2. The van der Waals surface area contributed by atoms with Crippen LogP contribution in [0.15, 0.2) is 60.8 Å². The molecule has 40 heavy (non-hydrogen) atoms. The van der Waals surface area contributed by atoms with Crippen molar-refractivity contribution in [1.82, 2.24) is 30.0 Å². The molecule has 1 saturated heterocycles. The van der Waals surface area contributed by atoms with E-state index in [1.165, 1.54) is 0 Å². The molecule has 1 fully saturated rings. The lowest BCUT2D eigenvalue weighted by Gasteiger charge is -2.46. The lowest BCUT2D eigenvalue weighted by molar-refractivity contribution is -0.146. The number of piperazine rings is 1. The van der Waals surface area contributed by atoms with Crippen molar-refractivity contribution in [1.29, 1.82) is 0 Å². The molecule has 2 amide bonds. The number of fused-ring (bicyclic) bond motifs is 1. The zero-order chi connectivity index (χ0) is 28.3. The number of rotatable bonds is 12. The summed E-state index contributed by atoms with van der Waals surface area (Å²) in [5, 5.41) is 9.99. The molecule has 2 N–H and O–H groups in total. The van der Waals surface area contributed by atoms with Crippen LogP contribution in [0.1, 0.15) is 31.0 Å². The third kappa shape index (κ3) is 8.03. The fraction of sp³-hybridized carbons (Fsp3) is 0.448. The van der Waals surface area contributed by atoms with E-state index in [4.69, 9.17) is 9.47 Å². The molecule has 0 radical (unpaired) electrons. The SMILES string of the molecule is CCOC(=O)C[C@@H]1CN(Cc2cccc3ccnn23)C[C@@H](CCNC(=O)OCc2ccccc2)N1CC(=O)NC. The Balaban J connectivity index is 1.46. The Bertz CT molecular complexity index is 1270. The Labute approximate surface area is 234 Å². The Morgan fingerprint density at radius 2 is 1.80 bits per heavy atom. The number of benzene rings is 1. The maximum absolute atomic E-state index is 12.6. The minimum atomic E-state index is -0.497. The second kappa shape index (κ2) is 14.4. The van der Waals surface area contributed by atoms with Crippen LogP contribution < -0.4 is 10.6 Å². The number of pyridine rings is 1. The molecule has 1 aromatic carbocycles. The number of hydrogen-bond donors (Lipinski definition) is 2. The lowest BCUT2D eigenvalue weighted by Crippen LogP contribution is -2.61. The molecule has 11 nitrogen and oxygen atoms in total. The number of hydrogen-bond acceptors (Lipinski definition) is 8. The van der Waals surface area contributed by atoms with Gasteiger partial charge in [-0.05, 0) is 37.1 Å². The van der Waals surface area contributed by atoms with Crippen molar-refractivity contribution in [2.75, 3.05) is 39.8 Å². The monoisotopic (exact) mass is 550 g/mol. The van der Waals surface area contributed by atoms with E-state index in [0.717, 1.165) is 16.8 Å². The van der Waals surface area contributed by atoms with Crippen LogP contribution in [0.25, 0.3) is 5.52 Å². The minimum absolute atomic E-state index is 0.100. The fourth-order valence-corrected chi connectivity index (χ4v) is 5.13. The summed E-state index contributed by atoms with van der Waals surface area (Å²) in [6.07, 6.45) is 2.01. The fourth-order valence-electron chi connectivity index (χ4n) is 5.13. The largest absolute Gasteiger partial charge is 0.466 e. The molecule has 0 bridgehead atoms. The van der Waals surface area contributed by atoms with Gasteiger partial charge in [0.15, 0.2) is 0 Å². The number of amides is 2. The van der Waals surface area contributed by atoms with Gasteiger partial charge in [0.05, 0.1) is 30.8 Å². The molecule has 214 valence electrons. The Hall–Kier alpha value is -3.96. The molecule has 1 aliphatic heterocycles. The van der Waals surface area contributed by atoms with Crippen LogP contribution in [0.5, 0.6) is 0 Å². The average Bonchev–Trinajstić information content (AvgIpc) is 3.44. The number of esters is 1. The summed E-state index contributed by atoms with van der Waals surface area (Å²) >= 11 is 0. The molecule has 11 heteroatoms. The van der Waals surface area contributed by atoms with Gasteiger partial charge in [0.1, 0.15) is 6.61 Å².